The Morgan fingerprint density at radius 1 is 1.19 bits per heavy atom. The first kappa shape index (κ1) is 15.8. The van der Waals surface area contributed by atoms with Gasteiger partial charge in [0.1, 0.15) is 12.4 Å². The van der Waals surface area contributed by atoms with E-state index < -0.39 is 0 Å². The van der Waals surface area contributed by atoms with E-state index >= 15 is 0 Å². The average molecular weight is 291 g/mol. The molecule has 0 radical (unpaired) electrons. The molecule has 0 spiro atoms. The van der Waals surface area contributed by atoms with Gasteiger partial charge in [-0.15, -0.1) is 0 Å². The van der Waals surface area contributed by atoms with Crippen molar-refractivity contribution in [3.8, 4) is 5.75 Å². The van der Waals surface area contributed by atoms with Crippen LogP contribution in [0, 0.1) is 0 Å². The van der Waals surface area contributed by atoms with Crippen LogP contribution in [-0.2, 0) is 0 Å². The third kappa shape index (κ3) is 4.72. The SMILES string of the molecule is CC/C(=N/O)c1ccc(OCCN2CCN(C)CC2)cc1. The summed E-state index contributed by atoms with van der Waals surface area (Å²) in [5.41, 5.74) is 1.63. The zero-order chi connectivity index (χ0) is 15.1. The zero-order valence-electron chi connectivity index (χ0n) is 13.0. The number of hydrogen-bond acceptors (Lipinski definition) is 5. The highest BCUT2D eigenvalue weighted by molar-refractivity contribution is 6.00. The Labute approximate surface area is 126 Å². The molecule has 0 bridgehead atoms. The van der Waals surface area contributed by atoms with Gasteiger partial charge >= 0.3 is 0 Å². The second-order valence-corrected chi connectivity index (χ2v) is 5.42. The molecule has 2 rings (SSSR count). The van der Waals surface area contributed by atoms with Crippen LogP contribution in [-0.4, -0.2) is 67.1 Å². The maximum Gasteiger partial charge on any atom is 0.119 e. The lowest BCUT2D eigenvalue weighted by atomic mass is 10.1. The highest BCUT2D eigenvalue weighted by Crippen LogP contribution is 2.14. The van der Waals surface area contributed by atoms with Crippen LogP contribution in [0.3, 0.4) is 0 Å². The molecule has 116 valence electrons. The molecule has 1 saturated heterocycles. The van der Waals surface area contributed by atoms with Crippen LogP contribution in [0.2, 0.25) is 0 Å². The number of benzene rings is 1. The second-order valence-electron chi connectivity index (χ2n) is 5.42. The summed E-state index contributed by atoms with van der Waals surface area (Å²) in [6.45, 7) is 8.14. The molecule has 0 amide bonds. The summed E-state index contributed by atoms with van der Waals surface area (Å²) in [6.07, 6.45) is 0.708. The Balaban J connectivity index is 1.76. The monoisotopic (exact) mass is 291 g/mol. The summed E-state index contributed by atoms with van der Waals surface area (Å²) in [7, 11) is 2.16. The molecule has 1 heterocycles. The Bertz CT molecular complexity index is 451. The number of likely N-dealkylation sites (N-methyl/N-ethyl adjacent to an activating group) is 1. The molecule has 1 aliphatic heterocycles. The van der Waals surface area contributed by atoms with Crippen LogP contribution in [0.5, 0.6) is 5.75 Å². The lowest BCUT2D eigenvalue weighted by Gasteiger charge is -2.32. The van der Waals surface area contributed by atoms with Crippen molar-refractivity contribution in [2.75, 3.05) is 46.4 Å². The van der Waals surface area contributed by atoms with Crippen LogP contribution in [0.25, 0.3) is 0 Å². The lowest BCUT2D eigenvalue weighted by molar-refractivity contribution is 0.134. The number of hydrogen-bond donors (Lipinski definition) is 1. The molecule has 1 aliphatic rings. The van der Waals surface area contributed by atoms with Gasteiger partial charge in [0.2, 0.25) is 0 Å². The van der Waals surface area contributed by atoms with Crippen LogP contribution in [0.1, 0.15) is 18.9 Å². The molecule has 1 aromatic rings. The van der Waals surface area contributed by atoms with Gasteiger partial charge in [-0.3, -0.25) is 4.90 Å². The Morgan fingerprint density at radius 3 is 2.43 bits per heavy atom. The van der Waals surface area contributed by atoms with Gasteiger partial charge in [-0.25, -0.2) is 0 Å². The van der Waals surface area contributed by atoms with E-state index in [0.717, 1.165) is 44.0 Å². The maximum atomic E-state index is 8.90. The molecular formula is C16H25N3O2. The van der Waals surface area contributed by atoms with Crippen molar-refractivity contribution < 1.29 is 9.94 Å². The molecule has 0 atom stereocenters. The number of ether oxygens (including phenoxy) is 1. The first-order valence-corrected chi connectivity index (χ1v) is 7.58. The molecule has 1 N–H and O–H groups in total. The Morgan fingerprint density at radius 2 is 1.86 bits per heavy atom. The maximum absolute atomic E-state index is 8.90. The molecule has 5 nitrogen and oxygen atoms in total. The van der Waals surface area contributed by atoms with E-state index in [2.05, 4.69) is 22.0 Å². The van der Waals surface area contributed by atoms with E-state index in [4.69, 9.17) is 9.94 Å². The van der Waals surface area contributed by atoms with Crippen molar-refractivity contribution in [3.05, 3.63) is 29.8 Å². The van der Waals surface area contributed by atoms with Gasteiger partial charge < -0.3 is 14.8 Å². The fourth-order valence-corrected chi connectivity index (χ4v) is 2.44. The van der Waals surface area contributed by atoms with Gasteiger partial charge in [0, 0.05) is 32.7 Å². The first-order valence-electron chi connectivity index (χ1n) is 7.58. The van der Waals surface area contributed by atoms with Crippen molar-refractivity contribution >= 4 is 5.71 Å². The quantitative estimate of drug-likeness (QED) is 0.494. The molecule has 21 heavy (non-hydrogen) atoms. The lowest BCUT2D eigenvalue weighted by Crippen LogP contribution is -2.45. The van der Waals surface area contributed by atoms with Gasteiger partial charge in [-0.1, -0.05) is 12.1 Å². The highest BCUT2D eigenvalue weighted by atomic mass is 16.5. The van der Waals surface area contributed by atoms with Crippen molar-refractivity contribution in [2.24, 2.45) is 5.16 Å². The van der Waals surface area contributed by atoms with E-state index in [9.17, 15) is 0 Å². The van der Waals surface area contributed by atoms with E-state index in [1.165, 1.54) is 0 Å². The summed E-state index contributed by atoms with van der Waals surface area (Å²) in [5.74, 6) is 0.862. The predicted molar refractivity (Wildman–Crippen MR) is 84.5 cm³/mol. The van der Waals surface area contributed by atoms with Gasteiger partial charge in [-0.2, -0.15) is 0 Å². The smallest absolute Gasteiger partial charge is 0.119 e. The van der Waals surface area contributed by atoms with Gasteiger partial charge in [0.05, 0.1) is 5.71 Å². The fraction of sp³-hybridized carbons (Fsp3) is 0.562. The third-order valence-electron chi connectivity index (χ3n) is 3.92. The van der Waals surface area contributed by atoms with Gasteiger partial charge in [0.25, 0.3) is 0 Å². The van der Waals surface area contributed by atoms with Crippen LogP contribution >= 0.6 is 0 Å². The average Bonchev–Trinajstić information content (AvgIpc) is 2.52. The number of piperazine rings is 1. The molecule has 0 aromatic heterocycles. The summed E-state index contributed by atoms with van der Waals surface area (Å²) in [6, 6.07) is 7.73. The van der Waals surface area contributed by atoms with E-state index in [0.29, 0.717) is 18.7 Å². The number of nitrogens with zero attached hydrogens (tertiary/aromatic N) is 3. The van der Waals surface area contributed by atoms with Crippen molar-refractivity contribution in [2.45, 2.75) is 13.3 Å². The van der Waals surface area contributed by atoms with Gasteiger partial charge in [-0.05, 0) is 43.3 Å². The largest absolute Gasteiger partial charge is 0.492 e. The number of rotatable bonds is 6. The van der Waals surface area contributed by atoms with Gasteiger partial charge in [0.15, 0.2) is 0 Å². The standard InChI is InChI=1S/C16H25N3O2/c1-3-16(17-20)14-4-6-15(7-5-14)21-13-12-19-10-8-18(2)9-11-19/h4-7,20H,3,8-13H2,1-2H3/b17-16-. The summed E-state index contributed by atoms with van der Waals surface area (Å²) >= 11 is 0. The zero-order valence-corrected chi connectivity index (χ0v) is 13.0. The number of oxime groups is 1. The Hall–Kier alpha value is -1.59. The molecule has 0 unspecified atom stereocenters. The van der Waals surface area contributed by atoms with Crippen molar-refractivity contribution in [1.29, 1.82) is 0 Å². The molecule has 1 fully saturated rings. The topological polar surface area (TPSA) is 48.3 Å². The summed E-state index contributed by atoms with van der Waals surface area (Å²) in [4.78, 5) is 4.78. The Kier molecular flexibility index (Phi) is 6.02. The van der Waals surface area contributed by atoms with E-state index in [1.54, 1.807) is 0 Å². The third-order valence-corrected chi connectivity index (χ3v) is 3.92. The van der Waals surface area contributed by atoms with E-state index in [-0.39, 0.29) is 0 Å². The van der Waals surface area contributed by atoms with Crippen LogP contribution in [0.15, 0.2) is 29.4 Å². The molecule has 5 heteroatoms. The normalized spacial score (nSPS) is 17.9. The predicted octanol–water partition coefficient (Wildman–Crippen LogP) is 1.90. The fourth-order valence-electron chi connectivity index (χ4n) is 2.44. The van der Waals surface area contributed by atoms with Crippen molar-refractivity contribution in [3.63, 3.8) is 0 Å². The minimum Gasteiger partial charge on any atom is -0.492 e. The van der Waals surface area contributed by atoms with Crippen LogP contribution in [0.4, 0.5) is 0 Å². The minimum absolute atomic E-state index is 0.694. The molecule has 0 saturated carbocycles. The molecular weight excluding hydrogens is 266 g/mol. The summed E-state index contributed by atoms with van der Waals surface area (Å²) in [5, 5.41) is 12.2. The molecule has 1 aromatic carbocycles. The van der Waals surface area contributed by atoms with Crippen LogP contribution < -0.4 is 4.74 Å². The minimum atomic E-state index is 0.694. The van der Waals surface area contributed by atoms with E-state index in [1.807, 2.05) is 31.2 Å². The second kappa shape index (κ2) is 8.00. The van der Waals surface area contributed by atoms with Crippen molar-refractivity contribution in [1.82, 2.24) is 9.80 Å². The highest BCUT2D eigenvalue weighted by Gasteiger charge is 2.13. The molecule has 0 aliphatic carbocycles. The first-order chi connectivity index (χ1) is 10.2. The summed E-state index contributed by atoms with van der Waals surface area (Å²) < 4.78 is 5.78.